The molecular formula is C16H27NO. The van der Waals surface area contributed by atoms with Crippen LogP contribution < -0.4 is 5.32 Å². The maximum Gasteiger partial charge on any atom is 0.0591 e. The van der Waals surface area contributed by atoms with Gasteiger partial charge in [-0.05, 0) is 23.5 Å². The molecule has 1 rings (SSSR count). The predicted octanol–water partition coefficient (Wildman–Crippen LogP) is 3.72. The van der Waals surface area contributed by atoms with Crippen molar-refractivity contribution in [2.75, 3.05) is 19.8 Å². The van der Waals surface area contributed by atoms with E-state index in [0.717, 1.165) is 32.7 Å². The van der Waals surface area contributed by atoms with Gasteiger partial charge < -0.3 is 10.1 Å². The minimum atomic E-state index is 0.610. The van der Waals surface area contributed by atoms with Crippen LogP contribution in [0.2, 0.25) is 0 Å². The van der Waals surface area contributed by atoms with Crippen molar-refractivity contribution in [3.8, 4) is 0 Å². The van der Waals surface area contributed by atoms with Crippen molar-refractivity contribution < 1.29 is 4.74 Å². The quantitative estimate of drug-likeness (QED) is 0.674. The minimum Gasteiger partial charge on any atom is -0.380 e. The van der Waals surface area contributed by atoms with Crippen LogP contribution in [0.4, 0.5) is 0 Å². The van der Waals surface area contributed by atoms with E-state index in [1.54, 1.807) is 0 Å². The van der Waals surface area contributed by atoms with Crippen LogP contribution in [-0.4, -0.2) is 19.8 Å². The molecule has 0 fully saturated rings. The molecule has 2 heteroatoms. The van der Waals surface area contributed by atoms with Crippen molar-refractivity contribution >= 4 is 0 Å². The maximum atomic E-state index is 5.50. The lowest BCUT2D eigenvalue weighted by atomic mass is 10.0. The van der Waals surface area contributed by atoms with E-state index >= 15 is 0 Å². The fourth-order valence-corrected chi connectivity index (χ4v) is 1.75. The SMILES string of the molecule is CCCCOCCNCc1ccc(C(C)C)cc1. The number of nitrogens with one attached hydrogen (secondary N) is 1. The van der Waals surface area contributed by atoms with Gasteiger partial charge in [-0.2, -0.15) is 0 Å². The summed E-state index contributed by atoms with van der Waals surface area (Å²) in [6.45, 7) is 10.2. The number of hydrogen-bond acceptors (Lipinski definition) is 2. The lowest BCUT2D eigenvalue weighted by Gasteiger charge is -2.08. The summed E-state index contributed by atoms with van der Waals surface area (Å²) in [5.74, 6) is 0.610. The van der Waals surface area contributed by atoms with Gasteiger partial charge in [0.05, 0.1) is 6.61 Å². The molecule has 0 atom stereocenters. The molecule has 0 aliphatic rings. The van der Waals surface area contributed by atoms with Crippen molar-refractivity contribution in [3.63, 3.8) is 0 Å². The van der Waals surface area contributed by atoms with E-state index in [2.05, 4.69) is 50.4 Å². The highest BCUT2D eigenvalue weighted by atomic mass is 16.5. The zero-order valence-corrected chi connectivity index (χ0v) is 12.0. The molecule has 18 heavy (non-hydrogen) atoms. The standard InChI is InChI=1S/C16H27NO/c1-4-5-11-18-12-10-17-13-15-6-8-16(9-7-15)14(2)3/h6-9,14,17H,4-5,10-13H2,1-3H3. The lowest BCUT2D eigenvalue weighted by Crippen LogP contribution is -2.19. The summed E-state index contributed by atoms with van der Waals surface area (Å²) in [7, 11) is 0. The first-order valence-corrected chi connectivity index (χ1v) is 7.11. The van der Waals surface area contributed by atoms with Gasteiger partial charge in [0, 0.05) is 19.7 Å². The molecule has 0 aromatic heterocycles. The smallest absolute Gasteiger partial charge is 0.0591 e. The molecule has 0 heterocycles. The first-order chi connectivity index (χ1) is 8.74. The number of benzene rings is 1. The molecule has 1 aromatic rings. The second-order valence-corrected chi connectivity index (χ2v) is 5.04. The maximum absolute atomic E-state index is 5.50. The van der Waals surface area contributed by atoms with Crippen LogP contribution in [0.3, 0.4) is 0 Å². The lowest BCUT2D eigenvalue weighted by molar-refractivity contribution is 0.133. The van der Waals surface area contributed by atoms with Crippen molar-refractivity contribution in [2.45, 2.75) is 46.1 Å². The van der Waals surface area contributed by atoms with E-state index in [1.165, 1.54) is 17.5 Å². The molecule has 0 saturated carbocycles. The Morgan fingerprint density at radius 1 is 1.11 bits per heavy atom. The van der Waals surface area contributed by atoms with Crippen molar-refractivity contribution in [3.05, 3.63) is 35.4 Å². The Balaban J connectivity index is 2.12. The highest BCUT2D eigenvalue weighted by molar-refractivity contribution is 5.24. The van der Waals surface area contributed by atoms with Gasteiger partial charge in [-0.1, -0.05) is 51.5 Å². The van der Waals surface area contributed by atoms with Crippen LogP contribution in [0.5, 0.6) is 0 Å². The predicted molar refractivity (Wildman–Crippen MR) is 78.0 cm³/mol. The van der Waals surface area contributed by atoms with Crippen molar-refractivity contribution in [2.24, 2.45) is 0 Å². The number of hydrogen-bond donors (Lipinski definition) is 1. The van der Waals surface area contributed by atoms with E-state index in [0.29, 0.717) is 5.92 Å². The second-order valence-electron chi connectivity index (χ2n) is 5.04. The Morgan fingerprint density at radius 2 is 1.83 bits per heavy atom. The third kappa shape index (κ3) is 6.18. The molecule has 0 aliphatic carbocycles. The summed E-state index contributed by atoms with van der Waals surface area (Å²) >= 11 is 0. The molecule has 0 amide bonds. The van der Waals surface area contributed by atoms with Crippen LogP contribution in [-0.2, 0) is 11.3 Å². The normalized spacial score (nSPS) is 11.1. The van der Waals surface area contributed by atoms with Crippen LogP contribution >= 0.6 is 0 Å². The van der Waals surface area contributed by atoms with E-state index in [4.69, 9.17) is 4.74 Å². The highest BCUT2D eigenvalue weighted by Gasteiger charge is 1.98. The molecule has 0 saturated heterocycles. The van der Waals surface area contributed by atoms with Crippen LogP contribution in [0, 0.1) is 0 Å². The zero-order valence-electron chi connectivity index (χ0n) is 12.0. The number of ether oxygens (including phenoxy) is 1. The Hall–Kier alpha value is -0.860. The van der Waals surface area contributed by atoms with Gasteiger partial charge in [0.1, 0.15) is 0 Å². The van der Waals surface area contributed by atoms with Crippen LogP contribution in [0.15, 0.2) is 24.3 Å². The van der Waals surface area contributed by atoms with Gasteiger partial charge in [0.2, 0.25) is 0 Å². The zero-order chi connectivity index (χ0) is 13.2. The second kappa shape index (κ2) is 9.12. The number of unbranched alkanes of at least 4 members (excludes halogenated alkanes) is 1. The molecule has 1 aromatic carbocycles. The Bertz CT molecular complexity index is 305. The molecule has 2 nitrogen and oxygen atoms in total. The van der Waals surface area contributed by atoms with Gasteiger partial charge in [0.25, 0.3) is 0 Å². The van der Waals surface area contributed by atoms with Crippen molar-refractivity contribution in [1.82, 2.24) is 5.32 Å². The largest absolute Gasteiger partial charge is 0.380 e. The molecular weight excluding hydrogens is 222 g/mol. The Labute approximate surface area is 112 Å². The Morgan fingerprint density at radius 3 is 2.44 bits per heavy atom. The molecule has 0 radical (unpaired) electrons. The average Bonchev–Trinajstić information content (AvgIpc) is 2.38. The fraction of sp³-hybridized carbons (Fsp3) is 0.625. The summed E-state index contributed by atoms with van der Waals surface area (Å²) in [4.78, 5) is 0. The number of rotatable bonds is 9. The van der Waals surface area contributed by atoms with Gasteiger partial charge in [-0.15, -0.1) is 0 Å². The minimum absolute atomic E-state index is 0.610. The fourth-order valence-electron chi connectivity index (χ4n) is 1.75. The topological polar surface area (TPSA) is 21.3 Å². The van der Waals surface area contributed by atoms with E-state index in [-0.39, 0.29) is 0 Å². The summed E-state index contributed by atoms with van der Waals surface area (Å²) in [5, 5.41) is 3.40. The summed E-state index contributed by atoms with van der Waals surface area (Å²) in [5.41, 5.74) is 2.75. The molecule has 1 N–H and O–H groups in total. The molecule has 0 unspecified atom stereocenters. The van der Waals surface area contributed by atoms with Gasteiger partial charge >= 0.3 is 0 Å². The van der Waals surface area contributed by atoms with Crippen LogP contribution in [0.1, 0.15) is 50.7 Å². The monoisotopic (exact) mass is 249 g/mol. The third-order valence-electron chi connectivity index (χ3n) is 3.04. The van der Waals surface area contributed by atoms with Gasteiger partial charge in [-0.3, -0.25) is 0 Å². The summed E-state index contributed by atoms with van der Waals surface area (Å²) in [6.07, 6.45) is 2.37. The summed E-state index contributed by atoms with van der Waals surface area (Å²) < 4.78 is 5.50. The van der Waals surface area contributed by atoms with E-state index in [9.17, 15) is 0 Å². The van der Waals surface area contributed by atoms with Crippen LogP contribution in [0.25, 0.3) is 0 Å². The molecule has 0 bridgehead atoms. The molecule has 0 aliphatic heterocycles. The van der Waals surface area contributed by atoms with E-state index in [1.807, 2.05) is 0 Å². The summed E-state index contributed by atoms with van der Waals surface area (Å²) in [6, 6.07) is 8.86. The molecule has 102 valence electrons. The van der Waals surface area contributed by atoms with Crippen molar-refractivity contribution in [1.29, 1.82) is 0 Å². The average molecular weight is 249 g/mol. The van der Waals surface area contributed by atoms with E-state index < -0.39 is 0 Å². The Kier molecular flexibility index (Phi) is 7.70. The van der Waals surface area contributed by atoms with Gasteiger partial charge in [-0.25, -0.2) is 0 Å². The first kappa shape index (κ1) is 15.2. The van der Waals surface area contributed by atoms with Gasteiger partial charge in [0.15, 0.2) is 0 Å². The third-order valence-corrected chi connectivity index (χ3v) is 3.04. The first-order valence-electron chi connectivity index (χ1n) is 7.11. The highest BCUT2D eigenvalue weighted by Crippen LogP contribution is 2.14. The molecule has 0 spiro atoms.